The van der Waals surface area contributed by atoms with Crippen LogP contribution in [0.5, 0.6) is 0 Å². The number of urea groups is 1. The van der Waals surface area contributed by atoms with Gasteiger partial charge in [0.25, 0.3) is 0 Å². The number of carboxylic acids is 1. The first-order valence-electron chi connectivity index (χ1n) is 7.37. The van der Waals surface area contributed by atoms with Crippen LogP contribution in [-0.4, -0.2) is 41.1 Å². The van der Waals surface area contributed by atoms with Crippen molar-refractivity contribution in [3.8, 4) is 0 Å². The number of nitrogens with zero attached hydrogens (tertiary/aromatic N) is 1. The number of amides is 2. The molecule has 2 fully saturated rings. The molecule has 1 heterocycles. The summed E-state index contributed by atoms with van der Waals surface area (Å²) in [6.45, 7) is 3.36. The molecule has 2 amide bonds. The van der Waals surface area contributed by atoms with Crippen molar-refractivity contribution in [2.45, 2.75) is 51.5 Å². The molecule has 5 nitrogen and oxygen atoms in total. The molecule has 108 valence electrons. The van der Waals surface area contributed by atoms with E-state index >= 15 is 0 Å². The molecular formula is C14H24N2O3. The van der Waals surface area contributed by atoms with Crippen molar-refractivity contribution in [3.05, 3.63) is 0 Å². The SMILES string of the molecule is CC(CNC(=O)N1CCCCCC1C(=O)O)C1CC1. The van der Waals surface area contributed by atoms with Gasteiger partial charge in [-0.15, -0.1) is 0 Å². The van der Waals surface area contributed by atoms with Gasteiger partial charge in [0.15, 0.2) is 0 Å². The normalized spacial score (nSPS) is 25.5. The third kappa shape index (κ3) is 3.85. The van der Waals surface area contributed by atoms with Gasteiger partial charge in [-0.3, -0.25) is 0 Å². The fourth-order valence-corrected chi connectivity index (χ4v) is 2.79. The first-order chi connectivity index (χ1) is 9.09. The molecule has 5 heteroatoms. The van der Waals surface area contributed by atoms with Gasteiger partial charge in [0.2, 0.25) is 0 Å². The zero-order valence-corrected chi connectivity index (χ0v) is 11.6. The minimum atomic E-state index is -0.882. The Bertz CT molecular complexity index is 342. The maximum Gasteiger partial charge on any atom is 0.326 e. The fourth-order valence-electron chi connectivity index (χ4n) is 2.79. The summed E-state index contributed by atoms with van der Waals surface area (Å²) in [6.07, 6.45) is 5.89. The molecule has 19 heavy (non-hydrogen) atoms. The summed E-state index contributed by atoms with van der Waals surface area (Å²) >= 11 is 0. The van der Waals surface area contributed by atoms with Crippen LogP contribution in [-0.2, 0) is 4.79 Å². The van der Waals surface area contributed by atoms with E-state index in [1.807, 2.05) is 0 Å². The number of aliphatic carboxylic acids is 1. The van der Waals surface area contributed by atoms with Gasteiger partial charge in [0, 0.05) is 13.1 Å². The lowest BCUT2D eigenvalue weighted by molar-refractivity contribution is -0.142. The zero-order valence-electron chi connectivity index (χ0n) is 11.6. The summed E-state index contributed by atoms with van der Waals surface area (Å²) in [5.41, 5.74) is 0. The van der Waals surface area contributed by atoms with Crippen LogP contribution in [0, 0.1) is 11.8 Å². The van der Waals surface area contributed by atoms with Crippen molar-refractivity contribution in [2.24, 2.45) is 11.8 Å². The minimum Gasteiger partial charge on any atom is -0.480 e. The number of carbonyl (C=O) groups excluding carboxylic acids is 1. The van der Waals surface area contributed by atoms with E-state index in [0.29, 0.717) is 25.4 Å². The first-order valence-corrected chi connectivity index (χ1v) is 7.37. The predicted octanol–water partition coefficient (Wildman–Crippen LogP) is 2.07. The molecular weight excluding hydrogens is 244 g/mol. The van der Waals surface area contributed by atoms with Crippen LogP contribution < -0.4 is 5.32 Å². The molecule has 0 aromatic rings. The van der Waals surface area contributed by atoms with Gasteiger partial charge in [0.1, 0.15) is 6.04 Å². The largest absolute Gasteiger partial charge is 0.480 e. The third-order valence-electron chi connectivity index (χ3n) is 4.30. The van der Waals surface area contributed by atoms with E-state index < -0.39 is 12.0 Å². The number of likely N-dealkylation sites (tertiary alicyclic amines) is 1. The van der Waals surface area contributed by atoms with Crippen LogP contribution in [0.2, 0.25) is 0 Å². The monoisotopic (exact) mass is 268 g/mol. The number of hydrogen-bond acceptors (Lipinski definition) is 2. The molecule has 1 aliphatic heterocycles. The second kappa shape index (κ2) is 6.26. The predicted molar refractivity (Wildman–Crippen MR) is 71.9 cm³/mol. The maximum atomic E-state index is 12.2. The lowest BCUT2D eigenvalue weighted by Gasteiger charge is -2.27. The summed E-state index contributed by atoms with van der Waals surface area (Å²) < 4.78 is 0. The van der Waals surface area contributed by atoms with Crippen LogP contribution in [0.15, 0.2) is 0 Å². The molecule has 0 spiro atoms. The van der Waals surface area contributed by atoms with Crippen LogP contribution in [0.25, 0.3) is 0 Å². The molecule has 2 unspecified atom stereocenters. The highest BCUT2D eigenvalue weighted by Gasteiger charge is 2.32. The van der Waals surface area contributed by atoms with Crippen LogP contribution in [0.3, 0.4) is 0 Å². The molecule has 0 aromatic carbocycles. The average molecular weight is 268 g/mol. The van der Waals surface area contributed by atoms with E-state index in [-0.39, 0.29) is 6.03 Å². The van der Waals surface area contributed by atoms with Gasteiger partial charge in [-0.25, -0.2) is 9.59 Å². The van der Waals surface area contributed by atoms with Crippen LogP contribution in [0.1, 0.15) is 45.4 Å². The summed E-state index contributed by atoms with van der Waals surface area (Å²) in [4.78, 5) is 24.9. The zero-order chi connectivity index (χ0) is 13.8. The number of hydrogen-bond donors (Lipinski definition) is 2. The van der Waals surface area contributed by atoms with E-state index in [1.165, 1.54) is 17.7 Å². The van der Waals surface area contributed by atoms with Crippen molar-refractivity contribution in [3.63, 3.8) is 0 Å². The van der Waals surface area contributed by atoms with Crippen LogP contribution >= 0.6 is 0 Å². The highest BCUT2D eigenvalue weighted by atomic mass is 16.4. The Hall–Kier alpha value is -1.26. The number of rotatable bonds is 4. The molecule has 2 N–H and O–H groups in total. The molecule has 1 aliphatic carbocycles. The second-order valence-electron chi connectivity index (χ2n) is 5.90. The second-order valence-corrected chi connectivity index (χ2v) is 5.90. The highest BCUT2D eigenvalue weighted by Crippen LogP contribution is 2.36. The van der Waals surface area contributed by atoms with Crippen molar-refractivity contribution in [2.75, 3.05) is 13.1 Å². The van der Waals surface area contributed by atoms with Crippen molar-refractivity contribution >= 4 is 12.0 Å². The van der Waals surface area contributed by atoms with Crippen molar-refractivity contribution in [1.29, 1.82) is 0 Å². The topological polar surface area (TPSA) is 69.6 Å². The Morgan fingerprint density at radius 1 is 1.26 bits per heavy atom. The maximum absolute atomic E-state index is 12.2. The lowest BCUT2D eigenvalue weighted by Crippen LogP contribution is -2.50. The molecule has 0 bridgehead atoms. The van der Waals surface area contributed by atoms with E-state index in [4.69, 9.17) is 0 Å². The summed E-state index contributed by atoms with van der Waals surface area (Å²) in [7, 11) is 0. The molecule has 0 radical (unpaired) electrons. The fraction of sp³-hybridized carbons (Fsp3) is 0.857. The summed E-state index contributed by atoms with van der Waals surface area (Å²) in [6, 6.07) is -0.861. The van der Waals surface area contributed by atoms with Crippen LogP contribution in [0.4, 0.5) is 4.79 Å². The molecule has 1 saturated carbocycles. The van der Waals surface area contributed by atoms with Crippen molar-refractivity contribution in [1.82, 2.24) is 10.2 Å². The van der Waals surface area contributed by atoms with Crippen molar-refractivity contribution < 1.29 is 14.7 Å². The minimum absolute atomic E-state index is 0.207. The summed E-state index contributed by atoms with van der Waals surface area (Å²) in [5, 5.41) is 12.1. The Morgan fingerprint density at radius 2 is 2.00 bits per heavy atom. The standard InChI is InChI=1S/C14H24N2O3/c1-10(11-6-7-11)9-15-14(19)16-8-4-2-3-5-12(16)13(17)18/h10-12H,2-9H2,1H3,(H,15,19)(H,17,18). The smallest absolute Gasteiger partial charge is 0.326 e. The lowest BCUT2D eigenvalue weighted by atomic mass is 10.1. The number of nitrogens with one attached hydrogen (secondary N) is 1. The van der Waals surface area contributed by atoms with E-state index in [0.717, 1.165) is 25.2 Å². The molecule has 2 atom stereocenters. The van der Waals surface area contributed by atoms with Gasteiger partial charge in [-0.2, -0.15) is 0 Å². The molecule has 1 saturated heterocycles. The molecule has 2 rings (SSSR count). The third-order valence-corrected chi connectivity index (χ3v) is 4.30. The van der Waals surface area contributed by atoms with Gasteiger partial charge in [0.05, 0.1) is 0 Å². The van der Waals surface area contributed by atoms with E-state index in [2.05, 4.69) is 12.2 Å². The Kier molecular flexibility index (Phi) is 4.66. The Morgan fingerprint density at radius 3 is 2.63 bits per heavy atom. The van der Waals surface area contributed by atoms with E-state index in [1.54, 1.807) is 0 Å². The number of carbonyl (C=O) groups is 2. The highest BCUT2D eigenvalue weighted by molar-refractivity contribution is 5.82. The Labute approximate surface area is 114 Å². The summed E-state index contributed by atoms with van der Waals surface area (Å²) in [5.74, 6) is 0.367. The van der Waals surface area contributed by atoms with Gasteiger partial charge in [-0.1, -0.05) is 19.8 Å². The van der Waals surface area contributed by atoms with Gasteiger partial charge < -0.3 is 15.3 Å². The first kappa shape index (κ1) is 14.2. The Balaban J connectivity index is 1.88. The molecule has 2 aliphatic rings. The quantitative estimate of drug-likeness (QED) is 0.820. The van der Waals surface area contributed by atoms with Gasteiger partial charge >= 0.3 is 12.0 Å². The average Bonchev–Trinajstić information content (AvgIpc) is 3.19. The van der Waals surface area contributed by atoms with Gasteiger partial charge in [-0.05, 0) is 37.5 Å². The number of carboxylic acid groups (broad SMARTS) is 1. The van der Waals surface area contributed by atoms with E-state index in [9.17, 15) is 14.7 Å². The molecule has 0 aromatic heterocycles.